The Hall–Kier alpha value is -2.21. The largest absolute Gasteiger partial charge is 0.478 e. The highest BCUT2D eigenvalue weighted by Gasteiger charge is 2.13. The van der Waals surface area contributed by atoms with Gasteiger partial charge in [-0.1, -0.05) is 0 Å². The van der Waals surface area contributed by atoms with Crippen molar-refractivity contribution in [2.24, 2.45) is 7.05 Å². The van der Waals surface area contributed by atoms with Gasteiger partial charge in [0, 0.05) is 12.7 Å². The Bertz CT molecular complexity index is 788. The number of benzene rings is 1. The van der Waals surface area contributed by atoms with E-state index in [1.54, 1.807) is 29.1 Å². The summed E-state index contributed by atoms with van der Waals surface area (Å²) in [5, 5.41) is 14.0. The number of rotatable bonds is 2. The first kappa shape index (κ1) is 11.9. The molecule has 3 aromatic rings. The molecule has 0 aliphatic rings. The second kappa shape index (κ2) is 4.17. The van der Waals surface area contributed by atoms with Crippen molar-refractivity contribution in [3.05, 3.63) is 35.7 Å². The van der Waals surface area contributed by atoms with Crippen LogP contribution in [0, 0.1) is 6.92 Å². The van der Waals surface area contributed by atoms with E-state index in [2.05, 4.69) is 10.1 Å². The number of nitrogens with zero attached hydrogens (tertiary/aromatic N) is 3. The maximum atomic E-state index is 10.9. The molecule has 0 aliphatic carbocycles. The zero-order valence-electron chi connectivity index (χ0n) is 10.4. The van der Waals surface area contributed by atoms with Crippen LogP contribution in [-0.2, 0) is 7.05 Å². The van der Waals surface area contributed by atoms with E-state index in [4.69, 9.17) is 5.11 Å². The van der Waals surface area contributed by atoms with E-state index >= 15 is 0 Å². The third kappa shape index (κ3) is 1.90. The fraction of sp³-hybridized carbons (Fsp3) is 0.154. The van der Waals surface area contributed by atoms with Gasteiger partial charge in [-0.05, 0) is 25.1 Å². The number of fused-ring (bicyclic) bond motifs is 1. The molecule has 0 saturated heterocycles. The van der Waals surface area contributed by atoms with Crippen molar-refractivity contribution in [3.63, 3.8) is 0 Å². The molecule has 5 nitrogen and oxygen atoms in total. The monoisotopic (exact) mass is 273 g/mol. The molecule has 0 fully saturated rings. The molecule has 0 atom stereocenters. The van der Waals surface area contributed by atoms with E-state index in [0.717, 1.165) is 26.5 Å². The summed E-state index contributed by atoms with van der Waals surface area (Å²) in [6.45, 7) is 1.98. The molecule has 0 bridgehead atoms. The van der Waals surface area contributed by atoms with Gasteiger partial charge in [-0.3, -0.25) is 4.68 Å². The van der Waals surface area contributed by atoms with Crippen molar-refractivity contribution in [1.82, 2.24) is 14.8 Å². The summed E-state index contributed by atoms with van der Waals surface area (Å²) in [6.07, 6.45) is 1.78. The number of carboxylic acids is 1. The fourth-order valence-electron chi connectivity index (χ4n) is 1.88. The highest BCUT2D eigenvalue weighted by atomic mass is 32.1. The molecule has 2 aromatic heterocycles. The van der Waals surface area contributed by atoms with Crippen LogP contribution in [0.25, 0.3) is 20.8 Å². The van der Waals surface area contributed by atoms with Crippen molar-refractivity contribution >= 4 is 27.5 Å². The highest BCUT2D eigenvalue weighted by molar-refractivity contribution is 7.21. The average Bonchev–Trinajstić information content (AvgIpc) is 2.93. The second-order valence-electron chi connectivity index (χ2n) is 4.27. The molecule has 6 heteroatoms. The van der Waals surface area contributed by atoms with E-state index in [9.17, 15) is 4.79 Å². The molecule has 3 rings (SSSR count). The molecular formula is C13H11N3O2S. The van der Waals surface area contributed by atoms with Crippen molar-refractivity contribution in [1.29, 1.82) is 0 Å². The van der Waals surface area contributed by atoms with Gasteiger partial charge in [-0.25, -0.2) is 9.78 Å². The number of aromatic carboxylic acids is 1. The van der Waals surface area contributed by atoms with Crippen LogP contribution in [0.3, 0.4) is 0 Å². The van der Waals surface area contributed by atoms with Crippen LogP contribution in [0.1, 0.15) is 16.1 Å². The topological polar surface area (TPSA) is 68.0 Å². The van der Waals surface area contributed by atoms with Crippen molar-refractivity contribution < 1.29 is 9.90 Å². The Balaban J connectivity index is 2.16. The number of hydrogen-bond donors (Lipinski definition) is 1. The van der Waals surface area contributed by atoms with E-state index < -0.39 is 5.97 Å². The van der Waals surface area contributed by atoms with Crippen LogP contribution in [0.5, 0.6) is 0 Å². The van der Waals surface area contributed by atoms with Crippen molar-refractivity contribution in [2.75, 3.05) is 0 Å². The maximum Gasteiger partial charge on any atom is 0.335 e. The molecule has 0 amide bonds. The van der Waals surface area contributed by atoms with Crippen LogP contribution >= 0.6 is 11.3 Å². The molecule has 1 N–H and O–H groups in total. The second-order valence-corrected chi connectivity index (χ2v) is 5.30. The zero-order chi connectivity index (χ0) is 13.6. The van der Waals surface area contributed by atoms with Crippen molar-refractivity contribution in [2.45, 2.75) is 6.92 Å². The molecule has 1 aromatic carbocycles. The number of carbonyl (C=O) groups is 1. The Kier molecular flexibility index (Phi) is 2.60. The molecular weight excluding hydrogens is 262 g/mol. The number of aryl methyl sites for hydroxylation is 1. The number of hydrogen-bond acceptors (Lipinski definition) is 4. The number of carboxylic acid groups (broad SMARTS) is 1. The number of thiazole rings is 1. The van der Waals surface area contributed by atoms with Gasteiger partial charge in [0.1, 0.15) is 5.01 Å². The molecule has 0 unspecified atom stereocenters. The molecule has 2 heterocycles. The minimum absolute atomic E-state index is 0.283. The fourth-order valence-corrected chi connectivity index (χ4v) is 2.95. The summed E-state index contributed by atoms with van der Waals surface area (Å²) in [7, 11) is 1.88. The van der Waals surface area contributed by atoms with E-state index in [1.165, 1.54) is 11.3 Å². The third-order valence-corrected chi connectivity index (χ3v) is 4.15. The molecule has 0 saturated carbocycles. The van der Waals surface area contributed by atoms with Crippen LogP contribution in [-0.4, -0.2) is 25.8 Å². The summed E-state index contributed by atoms with van der Waals surface area (Å²) in [5.41, 5.74) is 3.12. The lowest BCUT2D eigenvalue weighted by molar-refractivity contribution is 0.0697. The van der Waals surface area contributed by atoms with Gasteiger partial charge in [0.15, 0.2) is 0 Å². The quantitative estimate of drug-likeness (QED) is 0.779. The van der Waals surface area contributed by atoms with Gasteiger partial charge < -0.3 is 5.11 Å². The van der Waals surface area contributed by atoms with Gasteiger partial charge in [-0.15, -0.1) is 11.3 Å². The van der Waals surface area contributed by atoms with Gasteiger partial charge in [0.25, 0.3) is 0 Å². The maximum absolute atomic E-state index is 10.9. The SMILES string of the molecule is Cc1c(-c2nc3ccc(C(=O)O)cc3s2)cnn1C. The summed E-state index contributed by atoms with van der Waals surface area (Å²) >= 11 is 1.48. The Morgan fingerprint density at radius 3 is 2.84 bits per heavy atom. The highest BCUT2D eigenvalue weighted by Crippen LogP contribution is 2.32. The van der Waals surface area contributed by atoms with E-state index in [1.807, 2.05) is 14.0 Å². The predicted molar refractivity (Wildman–Crippen MR) is 73.5 cm³/mol. The van der Waals surface area contributed by atoms with Gasteiger partial charge in [0.05, 0.1) is 27.5 Å². The number of aromatic nitrogens is 3. The zero-order valence-corrected chi connectivity index (χ0v) is 11.2. The van der Waals surface area contributed by atoms with Crippen LogP contribution in [0.4, 0.5) is 0 Å². The van der Waals surface area contributed by atoms with E-state index in [0.29, 0.717) is 0 Å². The van der Waals surface area contributed by atoms with Crippen LogP contribution in [0.2, 0.25) is 0 Å². The van der Waals surface area contributed by atoms with Crippen LogP contribution in [0.15, 0.2) is 24.4 Å². The molecule has 0 radical (unpaired) electrons. The minimum Gasteiger partial charge on any atom is -0.478 e. The predicted octanol–water partition coefficient (Wildman–Crippen LogP) is 2.70. The first-order chi connectivity index (χ1) is 9.06. The van der Waals surface area contributed by atoms with Crippen molar-refractivity contribution in [3.8, 4) is 10.6 Å². The van der Waals surface area contributed by atoms with Gasteiger partial charge in [-0.2, -0.15) is 5.10 Å². The summed E-state index contributed by atoms with van der Waals surface area (Å²) in [6, 6.07) is 4.97. The average molecular weight is 273 g/mol. The molecule has 0 aliphatic heterocycles. The lowest BCUT2D eigenvalue weighted by Crippen LogP contribution is -1.94. The van der Waals surface area contributed by atoms with Gasteiger partial charge in [0.2, 0.25) is 0 Å². The Morgan fingerprint density at radius 2 is 2.21 bits per heavy atom. The summed E-state index contributed by atoms with van der Waals surface area (Å²) in [4.78, 5) is 15.5. The first-order valence-corrected chi connectivity index (χ1v) is 6.51. The molecule has 0 spiro atoms. The standard InChI is InChI=1S/C13H11N3O2S/c1-7-9(6-14-16(7)2)12-15-10-4-3-8(13(17)18)5-11(10)19-12/h3-6H,1-2H3,(H,17,18). The molecule has 19 heavy (non-hydrogen) atoms. The Morgan fingerprint density at radius 1 is 1.42 bits per heavy atom. The first-order valence-electron chi connectivity index (χ1n) is 5.69. The molecule has 96 valence electrons. The third-order valence-electron chi connectivity index (χ3n) is 3.10. The normalized spacial score (nSPS) is 11.1. The minimum atomic E-state index is -0.922. The summed E-state index contributed by atoms with van der Waals surface area (Å²) < 4.78 is 2.67. The lowest BCUT2D eigenvalue weighted by atomic mass is 10.2. The smallest absolute Gasteiger partial charge is 0.335 e. The van der Waals surface area contributed by atoms with Gasteiger partial charge >= 0.3 is 5.97 Å². The van der Waals surface area contributed by atoms with Crippen LogP contribution < -0.4 is 0 Å². The van der Waals surface area contributed by atoms with E-state index in [-0.39, 0.29) is 5.56 Å². The summed E-state index contributed by atoms with van der Waals surface area (Å²) in [5.74, 6) is -0.922. The lowest BCUT2D eigenvalue weighted by Gasteiger charge is -1.94. The Labute approximate surface area is 113 Å².